The van der Waals surface area contributed by atoms with E-state index in [2.05, 4.69) is 10.3 Å². The van der Waals surface area contributed by atoms with Crippen LogP contribution in [0.4, 0.5) is 11.5 Å². The minimum Gasteiger partial charge on any atom is -0.377 e. The number of hydrogen-bond acceptors (Lipinski definition) is 5. The number of hydrogen-bond donors (Lipinski definition) is 1. The second kappa shape index (κ2) is 5.16. The average molecular weight is 239 g/mol. The van der Waals surface area contributed by atoms with Gasteiger partial charge in [0.2, 0.25) is 0 Å². The van der Waals surface area contributed by atoms with E-state index in [4.69, 9.17) is 0 Å². The number of nitro groups is 1. The molecule has 1 aliphatic heterocycles. The van der Waals surface area contributed by atoms with E-state index in [-0.39, 0.29) is 5.82 Å². The molecular formula is C10H13N3O2S. The summed E-state index contributed by atoms with van der Waals surface area (Å²) in [7, 11) is 0. The van der Waals surface area contributed by atoms with Gasteiger partial charge in [-0.1, -0.05) is 0 Å². The van der Waals surface area contributed by atoms with Gasteiger partial charge in [-0.25, -0.2) is 0 Å². The Morgan fingerprint density at radius 3 is 3.25 bits per heavy atom. The molecule has 1 saturated heterocycles. The van der Waals surface area contributed by atoms with E-state index in [1.165, 1.54) is 24.8 Å². The molecule has 1 atom stereocenters. The van der Waals surface area contributed by atoms with Crippen molar-refractivity contribution in [1.82, 2.24) is 4.98 Å². The molecular weight excluding hydrogens is 226 g/mol. The molecule has 6 heteroatoms. The number of rotatable bonds is 4. The standard InChI is InChI=1S/C10H13N3O2S/c14-13(15)10-9(4-1-5-11-10)12-7-8-3-2-6-16-8/h1,4-5,8,12H,2-3,6-7H2. The zero-order valence-electron chi connectivity index (χ0n) is 8.76. The van der Waals surface area contributed by atoms with Gasteiger partial charge in [0.25, 0.3) is 0 Å². The van der Waals surface area contributed by atoms with E-state index >= 15 is 0 Å². The van der Waals surface area contributed by atoms with Crippen molar-refractivity contribution in [2.75, 3.05) is 17.6 Å². The molecule has 0 saturated carbocycles. The molecule has 0 spiro atoms. The molecule has 1 aromatic rings. The molecule has 0 amide bonds. The van der Waals surface area contributed by atoms with Gasteiger partial charge in [0, 0.05) is 11.8 Å². The lowest BCUT2D eigenvalue weighted by Gasteiger charge is -2.10. The maximum atomic E-state index is 10.7. The Hall–Kier alpha value is -1.30. The maximum Gasteiger partial charge on any atom is 0.386 e. The van der Waals surface area contributed by atoms with Crippen LogP contribution in [0.15, 0.2) is 18.3 Å². The van der Waals surface area contributed by atoms with Crippen LogP contribution in [0.1, 0.15) is 12.8 Å². The zero-order valence-corrected chi connectivity index (χ0v) is 9.57. The summed E-state index contributed by atoms with van der Waals surface area (Å²) in [6.07, 6.45) is 3.87. The number of aromatic nitrogens is 1. The third-order valence-corrected chi connectivity index (χ3v) is 3.90. The highest BCUT2D eigenvalue weighted by atomic mass is 32.2. The zero-order chi connectivity index (χ0) is 11.4. The second-order valence-electron chi connectivity index (χ2n) is 3.65. The van der Waals surface area contributed by atoms with Crippen molar-refractivity contribution in [3.8, 4) is 0 Å². The summed E-state index contributed by atoms with van der Waals surface area (Å²) in [5.74, 6) is 1.10. The van der Waals surface area contributed by atoms with E-state index in [1.54, 1.807) is 12.1 Å². The molecule has 1 N–H and O–H groups in total. The van der Waals surface area contributed by atoms with Crippen LogP contribution in [0.5, 0.6) is 0 Å². The molecule has 0 bridgehead atoms. The largest absolute Gasteiger partial charge is 0.386 e. The third kappa shape index (κ3) is 2.63. The van der Waals surface area contributed by atoms with E-state index in [1.807, 2.05) is 11.8 Å². The number of nitrogens with one attached hydrogen (secondary N) is 1. The topological polar surface area (TPSA) is 68.1 Å². The molecule has 1 aromatic heterocycles. The fourth-order valence-corrected chi connectivity index (χ4v) is 2.91. The minimum atomic E-state index is -0.454. The van der Waals surface area contributed by atoms with Crippen LogP contribution in [0.25, 0.3) is 0 Å². The Bertz CT molecular complexity index is 380. The number of nitrogens with zero attached hydrogens (tertiary/aromatic N) is 2. The van der Waals surface area contributed by atoms with Crippen LogP contribution >= 0.6 is 11.8 Å². The molecule has 0 radical (unpaired) electrons. The predicted octanol–water partition coefficient (Wildman–Crippen LogP) is 2.30. The molecule has 1 unspecified atom stereocenters. The first-order valence-corrected chi connectivity index (χ1v) is 6.27. The predicted molar refractivity (Wildman–Crippen MR) is 64.9 cm³/mol. The van der Waals surface area contributed by atoms with Gasteiger partial charge in [-0.2, -0.15) is 11.8 Å². The molecule has 0 aliphatic carbocycles. The molecule has 16 heavy (non-hydrogen) atoms. The van der Waals surface area contributed by atoms with Crippen molar-refractivity contribution in [3.05, 3.63) is 28.4 Å². The molecule has 0 aromatic carbocycles. The summed E-state index contributed by atoms with van der Waals surface area (Å²) in [6, 6.07) is 3.40. The number of pyridine rings is 1. The van der Waals surface area contributed by atoms with Crippen molar-refractivity contribution in [2.24, 2.45) is 0 Å². The molecule has 1 aliphatic rings. The van der Waals surface area contributed by atoms with Crippen LogP contribution in [0.2, 0.25) is 0 Å². The Labute approximate surface area is 97.8 Å². The Kier molecular flexibility index (Phi) is 3.61. The lowest BCUT2D eigenvalue weighted by Crippen LogP contribution is -2.14. The Balaban J connectivity index is 2.00. The normalized spacial score (nSPS) is 19.6. The van der Waals surface area contributed by atoms with E-state index in [9.17, 15) is 10.1 Å². The first-order chi connectivity index (χ1) is 7.77. The SMILES string of the molecule is O=[N+]([O-])c1ncccc1NCC1CCCS1. The summed E-state index contributed by atoms with van der Waals surface area (Å²) in [6.45, 7) is 0.775. The van der Waals surface area contributed by atoms with Gasteiger partial charge in [-0.15, -0.1) is 0 Å². The van der Waals surface area contributed by atoms with Crippen LogP contribution in [0, 0.1) is 10.1 Å². The van der Waals surface area contributed by atoms with E-state index in [0.29, 0.717) is 10.9 Å². The average Bonchev–Trinajstić information content (AvgIpc) is 2.79. The first-order valence-electron chi connectivity index (χ1n) is 5.22. The van der Waals surface area contributed by atoms with Crippen molar-refractivity contribution in [1.29, 1.82) is 0 Å². The molecule has 2 heterocycles. The van der Waals surface area contributed by atoms with Crippen LogP contribution in [0.3, 0.4) is 0 Å². The van der Waals surface area contributed by atoms with Crippen molar-refractivity contribution < 1.29 is 4.92 Å². The molecule has 86 valence electrons. The summed E-state index contributed by atoms with van der Waals surface area (Å²) in [4.78, 5) is 14.0. The summed E-state index contributed by atoms with van der Waals surface area (Å²) in [5, 5.41) is 14.4. The number of thioether (sulfide) groups is 1. The highest BCUT2D eigenvalue weighted by Crippen LogP contribution is 2.27. The lowest BCUT2D eigenvalue weighted by molar-refractivity contribution is -0.388. The van der Waals surface area contributed by atoms with E-state index < -0.39 is 4.92 Å². The van der Waals surface area contributed by atoms with Crippen molar-refractivity contribution >= 4 is 23.3 Å². The number of anilines is 1. The lowest BCUT2D eigenvalue weighted by atomic mass is 10.2. The van der Waals surface area contributed by atoms with Gasteiger partial charge >= 0.3 is 5.82 Å². The summed E-state index contributed by atoms with van der Waals surface area (Å²) < 4.78 is 0. The van der Waals surface area contributed by atoms with Gasteiger partial charge in [-0.05, 0) is 40.6 Å². The van der Waals surface area contributed by atoms with Crippen LogP contribution in [-0.4, -0.2) is 27.5 Å². The van der Waals surface area contributed by atoms with Crippen LogP contribution in [-0.2, 0) is 0 Å². The summed E-state index contributed by atoms with van der Waals surface area (Å²) in [5.41, 5.74) is 0.514. The minimum absolute atomic E-state index is 0.0921. The fourth-order valence-electron chi connectivity index (χ4n) is 1.71. The highest BCUT2D eigenvalue weighted by molar-refractivity contribution is 8.00. The molecule has 5 nitrogen and oxygen atoms in total. The Morgan fingerprint density at radius 2 is 2.56 bits per heavy atom. The van der Waals surface area contributed by atoms with Gasteiger partial charge in [0.1, 0.15) is 11.9 Å². The van der Waals surface area contributed by atoms with E-state index in [0.717, 1.165) is 6.54 Å². The quantitative estimate of drug-likeness (QED) is 0.645. The summed E-state index contributed by atoms with van der Waals surface area (Å²) >= 11 is 1.92. The molecule has 1 fully saturated rings. The van der Waals surface area contributed by atoms with Gasteiger partial charge < -0.3 is 15.4 Å². The fraction of sp³-hybridized carbons (Fsp3) is 0.500. The van der Waals surface area contributed by atoms with Crippen molar-refractivity contribution in [2.45, 2.75) is 18.1 Å². The van der Waals surface area contributed by atoms with Crippen molar-refractivity contribution in [3.63, 3.8) is 0 Å². The third-order valence-electron chi connectivity index (χ3n) is 2.50. The maximum absolute atomic E-state index is 10.7. The smallest absolute Gasteiger partial charge is 0.377 e. The van der Waals surface area contributed by atoms with Crippen LogP contribution < -0.4 is 5.32 Å². The van der Waals surface area contributed by atoms with Gasteiger partial charge in [-0.3, -0.25) is 0 Å². The Morgan fingerprint density at radius 1 is 1.69 bits per heavy atom. The monoisotopic (exact) mass is 239 g/mol. The van der Waals surface area contributed by atoms with Gasteiger partial charge in [0.05, 0.1) is 0 Å². The highest BCUT2D eigenvalue weighted by Gasteiger charge is 2.18. The first kappa shape index (κ1) is 11.2. The molecule has 2 rings (SSSR count). The van der Waals surface area contributed by atoms with Gasteiger partial charge in [0.15, 0.2) is 0 Å². The second-order valence-corrected chi connectivity index (χ2v) is 5.06.